The molecular weight excluding hydrogens is 384 g/mol. The maximum atomic E-state index is 12.3. The van der Waals surface area contributed by atoms with E-state index in [1.807, 2.05) is 6.07 Å². The average Bonchev–Trinajstić information content (AvgIpc) is 2.74. The second-order valence-electron chi connectivity index (χ2n) is 5.93. The van der Waals surface area contributed by atoms with E-state index >= 15 is 0 Å². The number of esters is 2. The predicted octanol–water partition coefficient (Wildman–Crippen LogP) is -0.644. The Labute approximate surface area is 164 Å². The van der Waals surface area contributed by atoms with E-state index in [9.17, 15) is 25.1 Å². The van der Waals surface area contributed by atoms with Crippen LogP contribution in [-0.4, -0.2) is 62.6 Å². The predicted molar refractivity (Wildman–Crippen MR) is 95.7 cm³/mol. The number of aliphatic hydroxyl groups is 3. The van der Waals surface area contributed by atoms with Crippen LogP contribution in [0.25, 0.3) is 11.1 Å². The number of carbonyl (C=O) groups excluding carboxylic acids is 2. The third-order valence-electron chi connectivity index (χ3n) is 4.01. The number of fused-ring (bicyclic) bond motifs is 2. The normalized spacial score (nSPS) is 18.6. The van der Waals surface area contributed by atoms with Crippen molar-refractivity contribution in [1.29, 1.82) is 5.26 Å². The second-order valence-corrected chi connectivity index (χ2v) is 5.93. The van der Waals surface area contributed by atoms with Crippen LogP contribution in [0, 0.1) is 11.3 Å². The third-order valence-corrected chi connectivity index (χ3v) is 4.01. The topological polar surface area (TPSA) is 175 Å². The van der Waals surface area contributed by atoms with Crippen LogP contribution in [0.15, 0.2) is 24.5 Å². The molecule has 0 aromatic carbocycles. The quantitative estimate of drug-likeness (QED) is 0.371. The number of ether oxygens (including phenoxy) is 2. The molecule has 11 nitrogen and oxygen atoms in total. The number of aromatic nitrogens is 2. The highest BCUT2D eigenvalue weighted by Gasteiger charge is 2.38. The summed E-state index contributed by atoms with van der Waals surface area (Å²) in [4.78, 5) is 32.5. The van der Waals surface area contributed by atoms with Crippen LogP contribution in [-0.2, 0) is 9.59 Å². The van der Waals surface area contributed by atoms with E-state index in [0.29, 0.717) is 12.0 Å². The molecule has 2 unspecified atom stereocenters. The molecule has 150 valence electrons. The highest BCUT2D eigenvalue weighted by Crippen LogP contribution is 2.43. The van der Waals surface area contributed by atoms with Crippen LogP contribution in [0.5, 0.6) is 11.6 Å². The van der Waals surface area contributed by atoms with Gasteiger partial charge in [-0.25, -0.2) is 9.59 Å². The van der Waals surface area contributed by atoms with Gasteiger partial charge in [0.25, 0.3) is 0 Å². The summed E-state index contributed by atoms with van der Waals surface area (Å²) in [5, 5.41) is 41.1. The molecule has 3 rings (SSSR count). The molecule has 0 saturated heterocycles. The number of aliphatic hydroxyl groups excluding tert-OH is 3. The van der Waals surface area contributed by atoms with Crippen LogP contribution in [0.2, 0.25) is 0 Å². The van der Waals surface area contributed by atoms with E-state index in [2.05, 4.69) is 15.3 Å². The molecule has 0 fully saturated rings. The molecule has 2 aromatic heterocycles. The Morgan fingerprint density at radius 1 is 1.14 bits per heavy atom. The maximum Gasteiger partial charge on any atom is 0.345 e. The number of nitriles is 1. The molecule has 1 aliphatic heterocycles. The molecular formula is C18H16N4O7. The first kappa shape index (κ1) is 20.2. The van der Waals surface area contributed by atoms with Crippen molar-refractivity contribution >= 4 is 17.8 Å². The highest BCUT2D eigenvalue weighted by molar-refractivity contribution is 5.93. The molecule has 0 radical (unpaired) electrons. The smallest absolute Gasteiger partial charge is 0.345 e. The molecule has 0 amide bonds. The average molecular weight is 400 g/mol. The standard InChI is InChI=1S/C18H16N4O7/c19-8-10-14-11(9-2-5-20-6-3-9)16(22-15(10)21-4-1-7-23)29-18(27)13(25)12(24)17(26)28-14/h2-3,5-6,12-13,23-25H,1,4,7H2,(H,21,22). The number of pyridine rings is 2. The van der Waals surface area contributed by atoms with E-state index < -0.39 is 24.1 Å². The molecule has 2 aromatic rings. The number of anilines is 1. The van der Waals surface area contributed by atoms with E-state index in [4.69, 9.17) is 14.6 Å². The Morgan fingerprint density at radius 2 is 1.79 bits per heavy atom. The van der Waals surface area contributed by atoms with Crippen LogP contribution in [0.1, 0.15) is 12.0 Å². The lowest BCUT2D eigenvalue weighted by atomic mass is 10.0. The molecule has 29 heavy (non-hydrogen) atoms. The Balaban J connectivity index is 2.27. The lowest BCUT2D eigenvalue weighted by Gasteiger charge is -2.17. The van der Waals surface area contributed by atoms with Crippen molar-refractivity contribution in [2.75, 3.05) is 18.5 Å². The van der Waals surface area contributed by atoms with E-state index in [1.54, 1.807) is 0 Å². The third kappa shape index (κ3) is 3.99. The molecule has 4 N–H and O–H groups in total. The summed E-state index contributed by atoms with van der Waals surface area (Å²) in [5.74, 6) is -3.38. The number of nitrogens with zero attached hydrogens (tertiary/aromatic N) is 3. The maximum absolute atomic E-state index is 12.3. The fourth-order valence-corrected chi connectivity index (χ4v) is 2.58. The Kier molecular flexibility index (Phi) is 5.99. The van der Waals surface area contributed by atoms with Gasteiger partial charge in [0, 0.05) is 25.5 Å². The number of nitrogens with one attached hydrogen (secondary N) is 1. The van der Waals surface area contributed by atoms with E-state index in [1.165, 1.54) is 24.5 Å². The minimum absolute atomic E-state index is 0.000316. The zero-order valence-corrected chi connectivity index (χ0v) is 14.9. The van der Waals surface area contributed by atoms with Gasteiger partial charge in [0.15, 0.2) is 23.8 Å². The fourth-order valence-electron chi connectivity index (χ4n) is 2.58. The van der Waals surface area contributed by atoms with Gasteiger partial charge in [0.05, 0.1) is 5.56 Å². The molecule has 11 heteroatoms. The van der Waals surface area contributed by atoms with Gasteiger partial charge in [-0.3, -0.25) is 4.98 Å². The van der Waals surface area contributed by atoms with Crippen molar-refractivity contribution in [3.05, 3.63) is 30.1 Å². The summed E-state index contributed by atoms with van der Waals surface area (Å²) >= 11 is 0. The minimum Gasteiger partial charge on any atom is -0.422 e. The number of hydrogen-bond donors (Lipinski definition) is 4. The van der Waals surface area contributed by atoms with E-state index in [-0.39, 0.29) is 41.7 Å². The highest BCUT2D eigenvalue weighted by atomic mass is 16.6. The van der Waals surface area contributed by atoms with Crippen LogP contribution in [0.4, 0.5) is 5.82 Å². The van der Waals surface area contributed by atoms with Gasteiger partial charge in [-0.05, 0) is 24.1 Å². The zero-order chi connectivity index (χ0) is 21.0. The second kappa shape index (κ2) is 8.61. The molecule has 2 bridgehead atoms. The monoisotopic (exact) mass is 400 g/mol. The summed E-state index contributed by atoms with van der Waals surface area (Å²) in [7, 11) is 0. The first-order valence-electron chi connectivity index (χ1n) is 8.50. The van der Waals surface area contributed by atoms with Crippen molar-refractivity contribution in [3.63, 3.8) is 0 Å². The van der Waals surface area contributed by atoms with Crippen molar-refractivity contribution in [1.82, 2.24) is 9.97 Å². The SMILES string of the molecule is N#Cc1c(NCCCO)nc2c(-c3ccncc3)c1OC(=O)C(O)C(O)C(=O)O2. The van der Waals surface area contributed by atoms with Gasteiger partial charge in [-0.15, -0.1) is 0 Å². The lowest BCUT2D eigenvalue weighted by molar-refractivity contribution is -0.162. The van der Waals surface area contributed by atoms with E-state index in [0.717, 1.165) is 0 Å². The lowest BCUT2D eigenvalue weighted by Crippen LogP contribution is -2.43. The van der Waals surface area contributed by atoms with Gasteiger partial charge >= 0.3 is 11.9 Å². The van der Waals surface area contributed by atoms with Crippen LogP contribution < -0.4 is 14.8 Å². The summed E-state index contributed by atoms with van der Waals surface area (Å²) in [6.45, 7) is 0.102. The first-order valence-corrected chi connectivity index (χ1v) is 8.50. The summed E-state index contributed by atoms with van der Waals surface area (Å²) in [5.41, 5.74) is 0.175. The van der Waals surface area contributed by atoms with Crippen molar-refractivity contribution in [3.8, 4) is 28.8 Å². The van der Waals surface area contributed by atoms with Crippen molar-refractivity contribution in [2.45, 2.75) is 18.6 Å². The van der Waals surface area contributed by atoms with Crippen molar-refractivity contribution in [2.24, 2.45) is 0 Å². The summed E-state index contributed by atoms with van der Waals surface area (Å²) in [6, 6.07) is 4.90. The largest absolute Gasteiger partial charge is 0.422 e. The number of hydrogen-bond acceptors (Lipinski definition) is 11. The molecule has 1 aliphatic rings. The zero-order valence-electron chi connectivity index (χ0n) is 14.9. The van der Waals surface area contributed by atoms with Crippen LogP contribution >= 0.6 is 0 Å². The molecule has 0 spiro atoms. The Hall–Kier alpha value is -3.59. The fraction of sp³-hybridized carbons (Fsp3) is 0.278. The van der Waals surface area contributed by atoms with Gasteiger partial charge in [0.1, 0.15) is 11.6 Å². The summed E-state index contributed by atoms with van der Waals surface area (Å²) < 4.78 is 10.3. The molecule has 0 saturated carbocycles. The molecule has 3 heterocycles. The first-order chi connectivity index (χ1) is 14.0. The van der Waals surface area contributed by atoms with Gasteiger partial charge in [-0.1, -0.05) is 0 Å². The summed E-state index contributed by atoms with van der Waals surface area (Å²) in [6.07, 6.45) is -1.25. The van der Waals surface area contributed by atoms with Gasteiger partial charge in [0.2, 0.25) is 5.88 Å². The Bertz CT molecular complexity index is 974. The van der Waals surface area contributed by atoms with Gasteiger partial charge in [-0.2, -0.15) is 10.2 Å². The van der Waals surface area contributed by atoms with Gasteiger partial charge < -0.3 is 30.1 Å². The Morgan fingerprint density at radius 3 is 2.41 bits per heavy atom. The molecule has 2 atom stereocenters. The van der Waals surface area contributed by atoms with Crippen molar-refractivity contribution < 1.29 is 34.4 Å². The minimum atomic E-state index is -2.22. The van der Waals surface area contributed by atoms with Crippen LogP contribution in [0.3, 0.4) is 0 Å². The number of carbonyl (C=O) groups is 2. The molecule has 0 aliphatic carbocycles. The number of rotatable bonds is 5.